The SMILES string of the molecule is O=C(O)C(COc1ccccc1C(F)(F)F)c1cccs1. The van der Waals surface area contributed by atoms with Crippen LogP contribution in [-0.2, 0) is 11.0 Å². The van der Waals surface area contributed by atoms with Crippen LogP contribution in [0.15, 0.2) is 41.8 Å². The fourth-order valence-electron chi connectivity index (χ4n) is 1.76. The smallest absolute Gasteiger partial charge is 0.419 e. The zero-order valence-electron chi connectivity index (χ0n) is 10.6. The first-order valence-corrected chi connectivity index (χ1v) is 6.83. The molecule has 0 aliphatic rings. The number of carboxylic acid groups (broad SMARTS) is 1. The summed E-state index contributed by atoms with van der Waals surface area (Å²) in [5, 5.41) is 10.9. The van der Waals surface area contributed by atoms with Crippen LogP contribution in [0.3, 0.4) is 0 Å². The fourth-order valence-corrected chi connectivity index (χ4v) is 2.57. The van der Waals surface area contributed by atoms with Crippen molar-refractivity contribution in [1.82, 2.24) is 0 Å². The summed E-state index contributed by atoms with van der Waals surface area (Å²) in [6.45, 7) is -0.358. The second-order valence-corrected chi connectivity index (χ2v) is 5.19. The molecule has 0 saturated carbocycles. The molecule has 7 heteroatoms. The summed E-state index contributed by atoms with van der Waals surface area (Å²) in [5.41, 5.74) is -0.916. The van der Waals surface area contributed by atoms with E-state index in [2.05, 4.69) is 0 Å². The van der Waals surface area contributed by atoms with Crippen LogP contribution in [-0.4, -0.2) is 17.7 Å². The lowest BCUT2D eigenvalue weighted by Gasteiger charge is -2.16. The van der Waals surface area contributed by atoms with Crippen molar-refractivity contribution in [3.63, 3.8) is 0 Å². The first-order valence-electron chi connectivity index (χ1n) is 5.95. The summed E-state index contributed by atoms with van der Waals surface area (Å²) in [7, 11) is 0. The van der Waals surface area contributed by atoms with Crippen molar-refractivity contribution in [1.29, 1.82) is 0 Å². The molecule has 0 amide bonds. The van der Waals surface area contributed by atoms with Crippen LogP contribution in [0.25, 0.3) is 0 Å². The number of thiophene rings is 1. The summed E-state index contributed by atoms with van der Waals surface area (Å²) in [5.74, 6) is -2.50. The molecule has 2 aromatic rings. The van der Waals surface area contributed by atoms with Crippen molar-refractivity contribution in [3.8, 4) is 5.75 Å². The molecule has 1 atom stereocenters. The van der Waals surface area contributed by atoms with Crippen molar-refractivity contribution in [3.05, 3.63) is 52.2 Å². The van der Waals surface area contributed by atoms with Crippen LogP contribution >= 0.6 is 11.3 Å². The lowest BCUT2D eigenvalue weighted by molar-refractivity contribution is -0.140. The van der Waals surface area contributed by atoms with E-state index in [1.165, 1.54) is 29.5 Å². The second-order valence-electron chi connectivity index (χ2n) is 4.21. The molecule has 1 unspecified atom stereocenters. The average molecular weight is 316 g/mol. The summed E-state index contributed by atoms with van der Waals surface area (Å²) in [6, 6.07) is 8.03. The van der Waals surface area contributed by atoms with E-state index in [1.807, 2.05) is 0 Å². The molecule has 0 aliphatic carbocycles. The minimum absolute atomic E-state index is 0.358. The first kappa shape index (κ1) is 15.4. The maximum absolute atomic E-state index is 12.8. The Morgan fingerprint density at radius 1 is 1.24 bits per heavy atom. The quantitative estimate of drug-likeness (QED) is 0.906. The van der Waals surface area contributed by atoms with E-state index in [0.29, 0.717) is 4.88 Å². The van der Waals surface area contributed by atoms with Gasteiger partial charge in [-0.25, -0.2) is 0 Å². The monoisotopic (exact) mass is 316 g/mol. The lowest BCUT2D eigenvalue weighted by atomic mass is 10.1. The minimum Gasteiger partial charge on any atom is -0.492 e. The predicted octanol–water partition coefficient (Wildman–Crippen LogP) is 4.01. The number of rotatable bonds is 5. The molecule has 0 saturated heterocycles. The van der Waals surface area contributed by atoms with E-state index in [9.17, 15) is 18.0 Å². The Labute approximate surface area is 122 Å². The van der Waals surface area contributed by atoms with Gasteiger partial charge in [-0.3, -0.25) is 4.79 Å². The van der Waals surface area contributed by atoms with Crippen LogP contribution in [0.2, 0.25) is 0 Å². The van der Waals surface area contributed by atoms with Crippen LogP contribution < -0.4 is 4.74 Å². The van der Waals surface area contributed by atoms with Crippen LogP contribution in [0.5, 0.6) is 5.75 Å². The molecule has 0 fully saturated rings. The number of aliphatic carboxylic acids is 1. The zero-order valence-corrected chi connectivity index (χ0v) is 11.4. The molecular formula is C14H11F3O3S. The van der Waals surface area contributed by atoms with Crippen molar-refractivity contribution in [2.75, 3.05) is 6.61 Å². The molecule has 1 aromatic heterocycles. The van der Waals surface area contributed by atoms with Gasteiger partial charge in [0.25, 0.3) is 0 Å². The normalized spacial score (nSPS) is 12.9. The van der Waals surface area contributed by atoms with E-state index in [-0.39, 0.29) is 12.4 Å². The third-order valence-electron chi connectivity index (χ3n) is 2.78. The van der Waals surface area contributed by atoms with Gasteiger partial charge in [0.05, 0.1) is 5.56 Å². The Morgan fingerprint density at radius 2 is 1.95 bits per heavy atom. The Balaban J connectivity index is 2.17. The Kier molecular flexibility index (Phi) is 4.52. The highest BCUT2D eigenvalue weighted by Crippen LogP contribution is 2.36. The van der Waals surface area contributed by atoms with Gasteiger partial charge in [-0.2, -0.15) is 13.2 Å². The molecule has 3 nitrogen and oxygen atoms in total. The number of ether oxygens (including phenoxy) is 1. The summed E-state index contributed by atoms with van der Waals surface area (Å²) < 4.78 is 43.5. The molecule has 0 bridgehead atoms. The topological polar surface area (TPSA) is 46.5 Å². The van der Waals surface area contributed by atoms with E-state index < -0.39 is 23.6 Å². The van der Waals surface area contributed by atoms with Crippen LogP contribution in [0.4, 0.5) is 13.2 Å². The van der Waals surface area contributed by atoms with Crippen molar-refractivity contribution < 1.29 is 27.8 Å². The molecule has 0 spiro atoms. The number of alkyl halides is 3. The van der Waals surface area contributed by atoms with Crippen LogP contribution in [0, 0.1) is 0 Å². The van der Waals surface area contributed by atoms with Crippen molar-refractivity contribution in [2.24, 2.45) is 0 Å². The molecule has 1 heterocycles. The number of carboxylic acids is 1. The fraction of sp³-hybridized carbons (Fsp3) is 0.214. The first-order chi connectivity index (χ1) is 9.89. The zero-order chi connectivity index (χ0) is 15.5. The summed E-state index contributed by atoms with van der Waals surface area (Å²) >= 11 is 1.22. The molecule has 0 radical (unpaired) electrons. The van der Waals surface area contributed by atoms with Gasteiger partial charge in [-0.15, -0.1) is 11.3 Å². The highest BCUT2D eigenvalue weighted by molar-refractivity contribution is 7.10. The average Bonchev–Trinajstić information content (AvgIpc) is 2.92. The Morgan fingerprint density at radius 3 is 2.52 bits per heavy atom. The molecule has 21 heavy (non-hydrogen) atoms. The Bertz CT molecular complexity index is 608. The van der Waals surface area contributed by atoms with E-state index in [0.717, 1.165) is 6.07 Å². The predicted molar refractivity (Wildman–Crippen MR) is 71.6 cm³/mol. The van der Waals surface area contributed by atoms with Gasteiger partial charge < -0.3 is 9.84 Å². The summed E-state index contributed by atoms with van der Waals surface area (Å²) in [4.78, 5) is 11.7. The maximum Gasteiger partial charge on any atom is 0.419 e. The third-order valence-corrected chi connectivity index (χ3v) is 3.77. The third kappa shape index (κ3) is 3.75. The maximum atomic E-state index is 12.8. The Hall–Kier alpha value is -2.02. The summed E-state index contributed by atoms with van der Waals surface area (Å²) in [6.07, 6.45) is -4.54. The highest BCUT2D eigenvalue weighted by atomic mass is 32.1. The van der Waals surface area contributed by atoms with Crippen LogP contribution in [0.1, 0.15) is 16.4 Å². The van der Waals surface area contributed by atoms with Gasteiger partial charge in [-0.1, -0.05) is 18.2 Å². The molecule has 0 aliphatic heterocycles. The number of carbonyl (C=O) groups is 1. The van der Waals surface area contributed by atoms with Gasteiger partial charge in [-0.05, 0) is 23.6 Å². The minimum atomic E-state index is -4.54. The molecular weight excluding hydrogens is 305 g/mol. The van der Waals surface area contributed by atoms with Gasteiger partial charge in [0.15, 0.2) is 0 Å². The van der Waals surface area contributed by atoms with Crippen molar-refractivity contribution in [2.45, 2.75) is 12.1 Å². The highest BCUT2D eigenvalue weighted by Gasteiger charge is 2.34. The van der Waals surface area contributed by atoms with E-state index >= 15 is 0 Å². The van der Waals surface area contributed by atoms with E-state index in [1.54, 1.807) is 17.5 Å². The lowest BCUT2D eigenvalue weighted by Crippen LogP contribution is -2.19. The molecule has 1 aromatic carbocycles. The number of hydrogen-bond acceptors (Lipinski definition) is 3. The number of hydrogen-bond donors (Lipinski definition) is 1. The number of halogens is 3. The molecule has 2 rings (SSSR count). The van der Waals surface area contributed by atoms with Gasteiger partial charge >= 0.3 is 12.1 Å². The van der Waals surface area contributed by atoms with Gasteiger partial charge in [0, 0.05) is 4.88 Å². The number of para-hydroxylation sites is 1. The van der Waals surface area contributed by atoms with Gasteiger partial charge in [0.2, 0.25) is 0 Å². The molecule has 1 N–H and O–H groups in total. The van der Waals surface area contributed by atoms with Gasteiger partial charge in [0.1, 0.15) is 18.3 Å². The number of benzene rings is 1. The van der Waals surface area contributed by atoms with Crippen molar-refractivity contribution >= 4 is 17.3 Å². The standard InChI is InChI=1S/C14H11F3O3S/c15-14(16,17)10-4-1-2-5-11(10)20-8-9(13(18)19)12-6-3-7-21-12/h1-7,9H,8H2,(H,18,19). The van der Waals surface area contributed by atoms with E-state index in [4.69, 9.17) is 9.84 Å². The molecule has 112 valence electrons. The second kappa shape index (κ2) is 6.17. The largest absolute Gasteiger partial charge is 0.492 e.